The van der Waals surface area contributed by atoms with E-state index in [1.165, 1.54) is 0 Å². The minimum atomic E-state index is -0.499. The van der Waals surface area contributed by atoms with Gasteiger partial charge in [-0.15, -0.1) is 0 Å². The highest BCUT2D eigenvalue weighted by Crippen LogP contribution is 2.11. The summed E-state index contributed by atoms with van der Waals surface area (Å²) >= 11 is 0. The molecular formula is C12H20N4O2. The van der Waals surface area contributed by atoms with Crippen molar-refractivity contribution in [1.82, 2.24) is 10.3 Å². The molecule has 1 heterocycles. The van der Waals surface area contributed by atoms with Crippen LogP contribution in [0.1, 0.15) is 32.0 Å². The molecule has 1 atom stereocenters. The fourth-order valence-corrected chi connectivity index (χ4v) is 1.33. The molecule has 0 saturated heterocycles. The van der Waals surface area contributed by atoms with E-state index in [1.807, 2.05) is 19.9 Å². The van der Waals surface area contributed by atoms with E-state index in [4.69, 9.17) is 10.9 Å². The van der Waals surface area contributed by atoms with Gasteiger partial charge in [0.2, 0.25) is 0 Å². The van der Waals surface area contributed by atoms with Crippen molar-refractivity contribution in [2.75, 3.05) is 0 Å². The van der Waals surface area contributed by atoms with E-state index in [0.717, 1.165) is 5.56 Å². The van der Waals surface area contributed by atoms with Crippen LogP contribution < -0.4 is 11.1 Å². The van der Waals surface area contributed by atoms with Crippen LogP contribution in [0.4, 0.5) is 0 Å². The van der Waals surface area contributed by atoms with E-state index in [2.05, 4.69) is 15.5 Å². The number of rotatable bonds is 5. The summed E-state index contributed by atoms with van der Waals surface area (Å²) in [6, 6.07) is 3.62. The van der Waals surface area contributed by atoms with Crippen LogP contribution in [-0.2, 0) is 6.54 Å². The van der Waals surface area contributed by atoms with Crippen molar-refractivity contribution >= 4 is 5.84 Å². The summed E-state index contributed by atoms with van der Waals surface area (Å²) < 4.78 is 0. The average molecular weight is 252 g/mol. The van der Waals surface area contributed by atoms with E-state index >= 15 is 0 Å². The second kappa shape index (κ2) is 5.79. The first kappa shape index (κ1) is 14.4. The summed E-state index contributed by atoms with van der Waals surface area (Å²) in [6.45, 7) is 5.99. The Balaban J connectivity index is 2.86. The van der Waals surface area contributed by atoms with Crippen molar-refractivity contribution in [3.8, 4) is 0 Å². The molecule has 1 aromatic heterocycles. The van der Waals surface area contributed by atoms with E-state index < -0.39 is 11.6 Å². The van der Waals surface area contributed by atoms with E-state index in [-0.39, 0.29) is 5.84 Å². The van der Waals surface area contributed by atoms with Crippen LogP contribution >= 0.6 is 0 Å². The van der Waals surface area contributed by atoms with Crippen LogP contribution in [0.25, 0.3) is 0 Å². The Morgan fingerprint density at radius 2 is 2.28 bits per heavy atom. The molecule has 0 spiro atoms. The Kier molecular flexibility index (Phi) is 4.63. The van der Waals surface area contributed by atoms with Gasteiger partial charge in [0.25, 0.3) is 0 Å². The molecule has 0 aliphatic carbocycles. The monoisotopic (exact) mass is 252 g/mol. The average Bonchev–Trinajstić information content (AvgIpc) is 2.35. The number of hydrogen-bond donors (Lipinski definition) is 4. The molecule has 5 N–H and O–H groups in total. The highest BCUT2D eigenvalue weighted by atomic mass is 16.4. The molecule has 1 rings (SSSR count). The van der Waals surface area contributed by atoms with Crippen LogP contribution in [0.3, 0.4) is 0 Å². The normalized spacial score (nSPS) is 14.6. The molecule has 0 radical (unpaired) electrons. The van der Waals surface area contributed by atoms with Gasteiger partial charge in [-0.3, -0.25) is 4.98 Å². The van der Waals surface area contributed by atoms with Gasteiger partial charge in [-0.2, -0.15) is 0 Å². The lowest BCUT2D eigenvalue weighted by atomic mass is 9.98. The van der Waals surface area contributed by atoms with E-state index in [9.17, 15) is 5.11 Å². The van der Waals surface area contributed by atoms with Gasteiger partial charge in [-0.05, 0) is 32.4 Å². The molecular weight excluding hydrogens is 232 g/mol. The minimum Gasteiger partial charge on any atom is -0.409 e. The lowest BCUT2D eigenvalue weighted by molar-refractivity contribution is 0.0956. The molecule has 1 unspecified atom stereocenters. The number of aliphatic hydroxyl groups is 1. The van der Waals surface area contributed by atoms with Crippen molar-refractivity contribution in [2.24, 2.45) is 10.9 Å². The SMILES string of the molecule is CC(O)C(C)(C)NCc1cccnc1/C(N)=N/O. The summed E-state index contributed by atoms with van der Waals surface area (Å²) in [4.78, 5) is 4.08. The summed E-state index contributed by atoms with van der Waals surface area (Å²) in [6.07, 6.45) is 1.08. The largest absolute Gasteiger partial charge is 0.409 e. The number of nitrogens with two attached hydrogens (primary N) is 1. The first-order valence-electron chi connectivity index (χ1n) is 5.73. The molecule has 0 fully saturated rings. The first-order chi connectivity index (χ1) is 8.38. The van der Waals surface area contributed by atoms with E-state index in [0.29, 0.717) is 12.2 Å². The zero-order chi connectivity index (χ0) is 13.8. The standard InChI is InChI=1S/C12H20N4O2/c1-8(17)12(2,3)15-7-9-5-4-6-14-10(9)11(13)16-18/h4-6,8,15,17-18H,7H2,1-3H3,(H2,13,16). The summed E-state index contributed by atoms with van der Waals surface area (Å²) in [5.41, 5.74) is 6.37. The number of aromatic nitrogens is 1. The number of oxime groups is 1. The van der Waals surface area contributed by atoms with Crippen LogP contribution in [0.2, 0.25) is 0 Å². The Bertz CT molecular complexity index is 430. The van der Waals surface area contributed by atoms with Crippen LogP contribution in [-0.4, -0.2) is 32.8 Å². The fraction of sp³-hybridized carbons (Fsp3) is 0.500. The number of nitrogens with zero attached hydrogens (tertiary/aromatic N) is 2. The van der Waals surface area contributed by atoms with Crippen LogP contribution in [0, 0.1) is 0 Å². The maximum Gasteiger partial charge on any atom is 0.189 e. The van der Waals surface area contributed by atoms with Gasteiger partial charge >= 0.3 is 0 Å². The maximum absolute atomic E-state index is 9.62. The Morgan fingerprint density at radius 3 is 2.83 bits per heavy atom. The Hall–Kier alpha value is -1.66. The number of pyridine rings is 1. The molecule has 0 aliphatic rings. The number of amidine groups is 1. The van der Waals surface area contributed by atoms with Crippen molar-refractivity contribution in [1.29, 1.82) is 0 Å². The van der Waals surface area contributed by atoms with Crippen molar-refractivity contribution in [2.45, 2.75) is 39.0 Å². The number of aliphatic hydroxyl groups excluding tert-OH is 1. The Labute approximate surface area is 107 Å². The van der Waals surface area contributed by atoms with Crippen molar-refractivity contribution < 1.29 is 10.3 Å². The lowest BCUT2D eigenvalue weighted by Gasteiger charge is -2.29. The minimum absolute atomic E-state index is 0.0257. The first-order valence-corrected chi connectivity index (χ1v) is 5.73. The second-order valence-corrected chi connectivity index (χ2v) is 4.75. The van der Waals surface area contributed by atoms with Crippen LogP contribution in [0.15, 0.2) is 23.5 Å². The van der Waals surface area contributed by atoms with Gasteiger partial charge in [0.1, 0.15) is 5.69 Å². The summed E-state index contributed by atoms with van der Waals surface area (Å²) in [5.74, 6) is -0.0257. The fourth-order valence-electron chi connectivity index (χ4n) is 1.33. The zero-order valence-corrected chi connectivity index (χ0v) is 10.9. The molecule has 0 saturated carbocycles. The highest BCUT2D eigenvalue weighted by Gasteiger charge is 2.23. The zero-order valence-electron chi connectivity index (χ0n) is 10.9. The third kappa shape index (κ3) is 3.41. The molecule has 6 nitrogen and oxygen atoms in total. The third-order valence-corrected chi connectivity index (χ3v) is 3.02. The van der Waals surface area contributed by atoms with Gasteiger partial charge < -0.3 is 21.4 Å². The smallest absolute Gasteiger partial charge is 0.189 e. The quantitative estimate of drug-likeness (QED) is 0.263. The third-order valence-electron chi connectivity index (χ3n) is 3.02. The predicted molar refractivity (Wildman–Crippen MR) is 69.3 cm³/mol. The molecule has 0 aromatic carbocycles. The van der Waals surface area contributed by atoms with Gasteiger partial charge in [0.05, 0.1) is 6.10 Å². The molecule has 100 valence electrons. The van der Waals surface area contributed by atoms with Gasteiger partial charge in [-0.25, -0.2) is 0 Å². The van der Waals surface area contributed by atoms with Crippen molar-refractivity contribution in [3.63, 3.8) is 0 Å². The van der Waals surface area contributed by atoms with E-state index in [1.54, 1.807) is 19.2 Å². The van der Waals surface area contributed by atoms with Crippen molar-refractivity contribution in [3.05, 3.63) is 29.6 Å². The lowest BCUT2D eigenvalue weighted by Crippen LogP contribution is -2.47. The summed E-state index contributed by atoms with van der Waals surface area (Å²) in [5, 5.41) is 24.5. The number of hydrogen-bond acceptors (Lipinski definition) is 5. The molecule has 0 aliphatic heterocycles. The maximum atomic E-state index is 9.62. The van der Waals surface area contributed by atoms with Gasteiger partial charge in [0, 0.05) is 18.3 Å². The van der Waals surface area contributed by atoms with Gasteiger partial charge in [-0.1, -0.05) is 11.2 Å². The molecule has 6 heteroatoms. The Morgan fingerprint density at radius 1 is 1.61 bits per heavy atom. The highest BCUT2D eigenvalue weighted by molar-refractivity contribution is 5.96. The van der Waals surface area contributed by atoms with Crippen LogP contribution in [0.5, 0.6) is 0 Å². The molecule has 0 bridgehead atoms. The number of nitrogens with one attached hydrogen (secondary N) is 1. The predicted octanol–water partition coefficient (Wildman–Crippen LogP) is 0.425. The topological polar surface area (TPSA) is 104 Å². The second-order valence-electron chi connectivity index (χ2n) is 4.75. The van der Waals surface area contributed by atoms with Gasteiger partial charge in [0.15, 0.2) is 5.84 Å². The molecule has 1 aromatic rings. The molecule has 18 heavy (non-hydrogen) atoms. The molecule has 0 amide bonds. The summed E-state index contributed by atoms with van der Waals surface area (Å²) in [7, 11) is 0.